The quantitative estimate of drug-likeness (QED) is 0.0164. The van der Waals surface area contributed by atoms with E-state index in [-0.39, 0.29) is 67.9 Å². The Labute approximate surface area is 472 Å². The highest BCUT2D eigenvalue weighted by Gasteiger charge is 2.44. The van der Waals surface area contributed by atoms with Gasteiger partial charge in [-0.25, -0.2) is 23.1 Å². The van der Waals surface area contributed by atoms with Gasteiger partial charge in [-0.05, 0) is 101 Å². The Kier molecular flexibility index (Phi) is 20.1. The van der Waals surface area contributed by atoms with E-state index in [0.29, 0.717) is 28.5 Å². The van der Waals surface area contributed by atoms with Gasteiger partial charge in [0.2, 0.25) is 11.3 Å². The van der Waals surface area contributed by atoms with Gasteiger partial charge in [-0.3, -0.25) is 23.0 Å². The van der Waals surface area contributed by atoms with Crippen LogP contribution in [0.15, 0.2) is 105 Å². The molecule has 4 heterocycles. The Morgan fingerprint density at radius 2 is 1.70 bits per heavy atom. The molecule has 1 aromatic heterocycles. The molecule has 3 aromatic rings. The SMILES string of the molecule is CC[N+](CC)=c1ccc2c(/C=C/C=C3\N(CCCS(=O)(=O)O)c4ccc(S(=O)(=O)O)cc4C3(C)CCCC(=O)NCC#Cc3cn([C@H]4CC[C@@H](COP(=O)(O)OP(=O)(O)OP(=O)(O)O)O4)c(=O)nc3N)c(C)c(-c3ccccc3)oc-2c1. The number of anilines is 2. The Morgan fingerprint density at radius 3 is 2.37 bits per heavy atom. The fourth-order valence-electron chi connectivity index (χ4n) is 9.78. The molecule has 1 fully saturated rings. The molecule has 4 aliphatic rings. The van der Waals surface area contributed by atoms with Crippen molar-refractivity contribution in [3.63, 3.8) is 0 Å². The smallest absolute Gasteiger partial charge is 0.456 e. The maximum Gasteiger partial charge on any atom is 0.490 e. The van der Waals surface area contributed by atoms with Crippen LogP contribution < -0.4 is 31.6 Å². The highest BCUT2D eigenvalue weighted by Crippen LogP contribution is 2.66. The van der Waals surface area contributed by atoms with Gasteiger partial charge >= 0.3 is 29.2 Å². The van der Waals surface area contributed by atoms with Crippen molar-refractivity contribution in [2.24, 2.45) is 0 Å². The first kappa shape index (κ1) is 63.6. The first-order chi connectivity index (χ1) is 38.4. The number of nitrogens with one attached hydrogen (secondary N) is 1. The molecule has 26 nitrogen and oxygen atoms in total. The lowest BCUT2D eigenvalue weighted by Crippen LogP contribution is -2.31. The summed E-state index contributed by atoms with van der Waals surface area (Å²) in [5, 5.41) is 3.69. The molecule has 2 aromatic carbocycles. The van der Waals surface area contributed by atoms with Gasteiger partial charge in [-0.15, -0.1) is 0 Å². The summed E-state index contributed by atoms with van der Waals surface area (Å²) >= 11 is 0. The molecule has 0 spiro atoms. The van der Waals surface area contributed by atoms with Crippen LogP contribution >= 0.6 is 23.5 Å². The van der Waals surface area contributed by atoms with Gasteiger partial charge in [0, 0.05) is 58.7 Å². The van der Waals surface area contributed by atoms with Gasteiger partial charge in [0.1, 0.15) is 36.7 Å². The molecule has 3 unspecified atom stereocenters. The van der Waals surface area contributed by atoms with Gasteiger partial charge < -0.3 is 44.7 Å². The van der Waals surface area contributed by atoms with Crippen LogP contribution in [0, 0.1) is 18.8 Å². The number of fused-ring (bicyclic) bond motifs is 2. The van der Waals surface area contributed by atoms with Crippen LogP contribution in [0.5, 0.6) is 0 Å². The molecule has 0 radical (unpaired) electrons. The van der Waals surface area contributed by atoms with Gasteiger partial charge in [0.25, 0.3) is 20.2 Å². The zero-order valence-electron chi connectivity index (χ0n) is 44.7. The predicted octanol–water partition coefficient (Wildman–Crippen LogP) is 5.87. The minimum absolute atomic E-state index is 0.0252. The highest BCUT2D eigenvalue weighted by molar-refractivity contribution is 7.86. The van der Waals surface area contributed by atoms with E-state index in [9.17, 15) is 59.0 Å². The summed E-state index contributed by atoms with van der Waals surface area (Å²) in [5.41, 5.74) is 9.14. The van der Waals surface area contributed by atoms with E-state index in [4.69, 9.17) is 24.7 Å². The van der Waals surface area contributed by atoms with Crippen LogP contribution in [0.4, 0.5) is 11.5 Å². The lowest BCUT2D eigenvalue weighted by atomic mass is 9.77. The summed E-state index contributed by atoms with van der Waals surface area (Å²) in [5.74, 6) is 5.57. The number of nitrogen functional groups attached to an aromatic ring is 1. The largest absolute Gasteiger partial charge is 0.490 e. The van der Waals surface area contributed by atoms with Crippen LogP contribution in [-0.4, -0.2) is 106 Å². The Morgan fingerprint density at radius 1 is 0.976 bits per heavy atom. The zero-order valence-corrected chi connectivity index (χ0v) is 49.0. The summed E-state index contributed by atoms with van der Waals surface area (Å²) in [6.07, 6.45) is 5.46. The third-order valence-corrected chi connectivity index (χ3v) is 19.0. The van der Waals surface area contributed by atoms with E-state index in [2.05, 4.69) is 53.7 Å². The van der Waals surface area contributed by atoms with Crippen molar-refractivity contribution in [1.29, 1.82) is 0 Å². The molecule has 0 saturated carbocycles. The normalized spacial score (nSPS) is 19.4. The van der Waals surface area contributed by atoms with E-state index >= 15 is 0 Å². The number of nitrogens with two attached hydrogens (primary N) is 1. The number of amides is 1. The fraction of sp³-hybridized carbons (Fsp3) is 0.373. The second-order valence-electron chi connectivity index (χ2n) is 19.2. The van der Waals surface area contributed by atoms with Gasteiger partial charge in [-0.2, -0.15) is 30.4 Å². The molecule has 442 valence electrons. The van der Waals surface area contributed by atoms with Crippen molar-refractivity contribution in [1.82, 2.24) is 19.4 Å². The predicted molar refractivity (Wildman–Crippen MR) is 301 cm³/mol. The number of allylic oxidation sites excluding steroid dienone is 3. The highest BCUT2D eigenvalue weighted by atomic mass is 32.2. The molecule has 3 aliphatic heterocycles. The topological polar surface area (TPSA) is 387 Å². The molecule has 1 amide bonds. The second kappa shape index (κ2) is 25.9. The van der Waals surface area contributed by atoms with Crippen molar-refractivity contribution in [2.45, 2.75) is 88.9 Å². The van der Waals surface area contributed by atoms with Crippen molar-refractivity contribution < 1.29 is 86.3 Å². The number of carbonyl (C=O) groups is 1. The van der Waals surface area contributed by atoms with Crippen LogP contribution in [-0.2, 0) is 62.0 Å². The average Bonchev–Trinajstić information content (AvgIpc) is 4.16. The number of hydrogen-bond acceptors (Lipinski definition) is 17. The zero-order chi connectivity index (χ0) is 60.0. The maximum atomic E-state index is 13.4. The van der Waals surface area contributed by atoms with E-state index in [1.54, 1.807) is 0 Å². The third-order valence-electron chi connectivity index (χ3n) is 13.6. The molecule has 7 rings (SSSR count). The number of phosphoric ester groups is 1. The van der Waals surface area contributed by atoms with Crippen LogP contribution in [0.25, 0.3) is 28.7 Å². The Hall–Kier alpha value is -5.95. The Balaban J connectivity index is 1.11. The van der Waals surface area contributed by atoms with Crippen molar-refractivity contribution >= 4 is 67.2 Å². The van der Waals surface area contributed by atoms with Crippen LogP contribution in [0.1, 0.15) is 87.8 Å². The summed E-state index contributed by atoms with van der Waals surface area (Å²) < 4.78 is 131. The van der Waals surface area contributed by atoms with Crippen LogP contribution in [0.3, 0.4) is 0 Å². The molecular formula is C51H62N6O20P3S2+. The first-order valence-corrected chi connectivity index (χ1v) is 33.0. The third kappa shape index (κ3) is 16.2. The number of hydrogen-bond donors (Lipinski definition) is 8. The minimum Gasteiger partial charge on any atom is -0.456 e. The summed E-state index contributed by atoms with van der Waals surface area (Å²) in [6, 6.07) is 19.8. The van der Waals surface area contributed by atoms with Crippen LogP contribution in [0.2, 0.25) is 0 Å². The Bertz CT molecular complexity index is 3850. The number of ether oxygens (including phenoxy) is 1. The summed E-state index contributed by atoms with van der Waals surface area (Å²) in [7, 11) is -25.9. The maximum absolute atomic E-state index is 13.4. The van der Waals surface area contributed by atoms with Gasteiger partial charge in [0.15, 0.2) is 0 Å². The number of nitrogens with zero attached hydrogens (tertiary/aromatic N) is 4. The lowest BCUT2D eigenvalue weighted by Gasteiger charge is -2.30. The molecule has 1 saturated heterocycles. The summed E-state index contributed by atoms with van der Waals surface area (Å²) in [4.78, 5) is 68.2. The van der Waals surface area contributed by atoms with E-state index in [1.807, 2.05) is 85.5 Å². The monoisotopic (exact) mass is 1240 g/mol. The molecule has 5 atom stereocenters. The number of aromatic nitrogens is 2. The van der Waals surface area contributed by atoms with E-state index in [0.717, 1.165) is 45.3 Å². The number of rotatable bonds is 23. The number of carbonyl (C=O) groups excluding carboxylic acids is 1. The second-order valence-corrected chi connectivity index (χ2v) is 26.6. The van der Waals surface area contributed by atoms with Gasteiger partial charge in [0.05, 0.1) is 41.5 Å². The lowest BCUT2D eigenvalue weighted by molar-refractivity contribution is -0.121. The number of benzene rings is 3. The van der Waals surface area contributed by atoms with E-state index in [1.165, 1.54) is 24.4 Å². The fourth-order valence-corrected chi connectivity index (χ4v) is 13.8. The van der Waals surface area contributed by atoms with Crippen molar-refractivity contribution in [3.05, 3.63) is 129 Å². The number of phosphoric acid groups is 3. The minimum atomic E-state index is -5.75. The molecule has 9 N–H and O–H groups in total. The molecular weight excluding hydrogens is 1170 g/mol. The molecule has 31 heteroatoms. The van der Waals surface area contributed by atoms with Gasteiger partial charge in [-0.1, -0.05) is 54.3 Å². The summed E-state index contributed by atoms with van der Waals surface area (Å²) in [6.45, 7) is 8.65. The van der Waals surface area contributed by atoms with Crippen molar-refractivity contribution in [2.75, 3.05) is 49.2 Å². The van der Waals surface area contributed by atoms with Crippen molar-refractivity contribution in [3.8, 4) is 34.5 Å². The molecule has 1 aliphatic carbocycles. The first-order valence-electron chi connectivity index (χ1n) is 25.4. The average molecular weight is 1240 g/mol. The molecule has 82 heavy (non-hydrogen) atoms. The standard InChI is InChI=1S/C51H61N6O20P3S2/c1-5-55(6-2)37-20-23-41-40(34(3)48(75-44(41)30-37)35-14-8-7-9-15-35)17-10-18-45-51(4,42-31-39(82(70,71)72)22-24-43(42)56(45)28-13-29-81(67,68)69)26-11-19-46(58)53-27-12-16-36-32-57(50(59)54-49(36)52)47-25-21-38(74-47)33-73-79(63,64)77-80(65,66)76-78(60,61)62/h7-10,14-15,17-18,20,22-24,30-32,38,47H,5-6,11,13,19,21,25-29,33H2,1-4H3,(H8-,52,53,54,58,59,60,61,62,63,64,65,66,67,68,69,70,71,72)/p+1/t38-,47+,51?/m0/s1. The van der Waals surface area contributed by atoms with E-state index < -0.39 is 85.4 Å². The molecule has 0 bridgehead atoms.